The number of aromatic nitrogens is 1. The summed E-state index contributed by atoms with van der Waals surface area (Å²) < 4.78 is 5.10. The summed E-state index contributed by atoms with van der Waals surface area (Å²) in [6.45, 7) is 1.91. The van der Waals surface area contributed by atoms with Gasteiger partial charge in [-0.25, -0.2) is 9.78 Å². The minimum atomic E-state index is -0.981. The molecule has 1 N–H and O–H groups in total. The van der Waals surface area contributed by atoms with Crippen molar-refractivity contribution in [3.63, 3.8) is 0 Å². The second-order valence-corrected chi connectivity index (χ2v) is 3.54. The van der Waals surface area contributed by atoms with Gasteiger partial charge in [0.1, 0.15) is 0 Å². The number of carboxylic acids is 1. The summed E-state index contributed by atoms with van der Waals surface area (Å²) in [5, 5.41) is 10.4. The van der Waals surface area contributed by atoms with Crippen molar-refractivity contribution < 1.29 is 14.6 Å². The summed E-state index contributed by atoms with van der Waals surface area (Å²) in [6, 6.07) is 5.55. The quantitative estimate of drug-likeness (QED) is 0.838. The molecule has 16 heavy (non-hydrogen) atoms. The topological polar surface area (TPSA) is 59.4 Å². The Kier molecular flexibility index (Phi) is 2.48. The summed E-state index contributed by atoms with van der Waals surface area (Å²) >= 11 is 0. The number of aryl methyl sites for hydroxylation is 1. The van der Waals surface area contributed by atoms with Crippen LogP contribution in [-0.2, 0) is 0 Å². The Hall–Kier alpha value is -2.10. The maximum Gasteiger partial charge on any atom is 0.337 e. The molecule has 4 nitrogen and oxygen atoms in total. The third kappa shape index (κ3) is 1.58. The molecule has 0 fully saturated rings. The molecule has 0 aliphatic rings. The number of aromatic carboxylic acids is 1. The molecule has 0 spiro atoms. The first-order valence-corrected chi connectivity index (χ1v) is 4.80. The first-order valence-electron chi connectivity index (χ1n) is 4.80. The Morgan fingerprint density at radius 1 is 1.38 bits per heavy atom. The van der Waals surface area contributed by atoms with Gasteiger partial charge in [0.05, 0.1) is 12.7 Å². The van der Waals surface area contributed by atoms with Crippen molar-refractivity contribution in [1.29, 1.82) is 0 Å². The van der Waals surface area contributed by atoms with Crippen molar-refractivity contribution in [3.05, 3.63) is 35.5 Å². The smallest absolute Gasteiger partial charge is 0.337 e. The molecule has 1 heterocycles. The third-order valence-corrected chi connectivity index (χ3v) is 2.43. The lowest BCUT2D eigenvalue weighted by Gasteiger charge is -2.07. The van der Waals surface area contributed by atoms with Gasteiger partial charge in [0.2, 0.25) is 5.88 Å². The highest BCUT2D eigenvalue weighted by molar-refractivity contribution is 6.04. The number of methoxy groups -OCH3 is 1. The highest BCUT2D eigenvalue weighted by Gasteiger charge is 2.12. The predicted octanol–water partition coefficient (Wildman–Crippen LogP) is 2.25. The van der Waals surface area contributed by atoms with Gasteiger partial charge in [0.25, 0.3) is 0 Å². The molecular formula is C12H11NO3. The molecule has 0 aliphatic carbocycles. The number of pyridine rings is 1. The van der Waals surface area contributed by atoms with Crippen molar-refractivity contribution in [2.75, 3.05) is 7.11 Å². The minimum absolute atomic E-state index is 0.194. The van der Waals surface area contributed by atoms with Crippen LogP contribution in [0.1, 0.15) is 15.9 Å². The average molecular weight is 217 g/mol. The molecule has 0 saturated carbocycles. The van der Waals surface area contributed by atoms with E-state index in [1.807, 2.05) is 25.1 Å². The van der Waals surface area contributed by atoms with Crippen molar-refractivity contribution in [1.82, 2.24) is 4.98 Å². The summed E-state index contributed by atoms with van der Waals surface area (Å²) in [5.41, 5.74) is 1.20. The van der Waals surface area contributed by atoms with Crippen molar-refractivity contribution in [3.8, 4) is 5.88 Å². The van der Waals surface area contributed by atoms with Gasteiger partial charge in [-0.15, -0.1) is 0 Å². The van der Waals surface area contributed by atoms with Crippen molar-refractivity contribution >= 4 is 16.7 Å². The molecule has 2 aromatic rings. The van der Waals surface area contributed by atoms with Crippen LogP contribution >= 0.6 is 0 Å². The number of hydrogen-bond acceptors (Lipinski definition) is 3. The van der Waals surface area contributed by atoms with Gasteiger partial charge in [0, 0.05) is 17.0 Å². The van der Waals surface area contributed by atoms with Gasteiger partial charge in [-0.05, 0) is 13.0 Å². The first-order chi connectivity index (χ1) is 7.63. The molecule has 1 aromatic heterocycles. The molecule has 0 atom stereocenters. The van der Waals surface area contributed by atoms with Crippen LogP contribution in [0.15, 0.2) is 24.4 Å². The molecule has 0 amide bonds. The van der Waals surface area contributed by atoms with Gasteiger partial charge < -0.3 is 9.84 Å². The number of carboxylic acid groups (broad SMARTS) is 1. The molecule has 4 heteroatoms. The molecule has 0 unspecified atom stereocenters. The SMILES string of the molecule is COc1ncc(C(=O)O)c2cc(C)ccc12. The lowest BCUT2D eigenvalue weighted by atomic mass is 10.0. The van der Waals surface area contributed by atoms with E-state index < -0.39 is 5.97 Å². The number of ether oxygens (including phenoxy) is 1. The van der Waals surface area contributed by atoms with E-state index in [0.29, 0.717) is 16.7 Å². The number of hydrogen-bond donors (Lipinski definition) is 1. The Balaban J connectivity index is 2.85. The Morgan fingerprint density at radius 3 is 2.75 bits per heavy atom. The maximum absolute atomic E-state index is 11.0. The van der Waals surface area contributed by atoms with Crippen LogP contribution in [0.2, 0.25) is 0 Å². The third-order valence-electron chi connectivity index (χ3n) is 2.43. The fourth-order valence-corrected chi connectivity index (χ4v) is 1.66. The van der Waals surface area contributed by atoms with Crippen LogP contribution in [0.25, 0.3) is 10.8 Å². The minimum Gasteiger partial charge on any atom is -0.481 e. The zero-order valence-electron chi connectivity index (χ0n) is 9.02. The zero-order chi connectivity index (χ0) is 11.7. The summed E-state index contributed by atoms with van der Waals surface area (Å²) in [6.07, 6.45) is 1.32. The maximum atomic E-state index is 11.0. The van der Waals surface area contributed by atoms with Gasteiger partial charge in [0.15, 0.2) is 0 Å². The summed E-state index contributed by atoms with van der Waals surface area (Å²) in [7, 11) is 1.52. The highest BCUT2D eigenvalue weighted by atomic mass is 16.5. The monoisotopic (exact) mass is 217 g/mol. The van der Waals surface area contributed by atoms with Crippen LogP contribution in [0.4, 0.5) is 0 Å². The number of carbonyl (C=O) groups is 1. The highest BCUT2D eigenvalue weighted by Crippen LogP contribution is 2.26. The normalized spacial score (nSPS) is 10.4. The zero-order valence-corrected chi connectivity index (χ0v) is 9.02. The van der Waals surface area contributed by atoms with E-state index in [2.05, 4.69) is 4.98 Å². The van der Waals surface area contributed by atoms with E-state index in [1.165, 1.54) is 13.3 Å². The Bertz CT molecular complexity index is 563. The molecule has 2 rings (SSSR count). The molecule has 0 bridgehead atoms. The van der Waals surface area contributed by atoms with E-state index in [1.54, 1.807) is 0 Å². The number of benzene rings is 1. The predicted molar refractivity (Wildman–Crippen MR) is 60.0 cm³/mol. The van der Waals surface area contributed by atoms with Crippen LogP contribution < -0.4 is 4.74 Å². The van der Waals surface area contributed by atoms with E-state index in [9.17, 15) is 4.79 Å². The van der Waals surface area contributed by atoms with Gasteiger partial charge >= 0.3 is 5.97 Å². The second kappa shape index (κ2) is 3.81. The van der Waals surface area contributed by atoms with Crippen LogP contribution in [-0.4, -0.2) is 23.2 Å². The molecule has 1 aromatic carbocycles. The fourth-order valence-electron chi connectivity index (χ4n) is 1.66. The number of rotatable bonds is 2. The molecule has 0 saturated heterocycles. The van der Waals surface area contributed by atoms with Gasteiger partial charge in [-0.2, -0.15) is 0 Å². The fraction of sp³-hybridized carbons (Fsp3) is 0.167. The van der Waals surface area contributed by atoms with E-state index in [0.717, 1.165) is 5.56 Å². The second-order valence-electron chi connectivity index (χ2n) is 3.54. The molecular weight excluding hydrogens is 206 g/mol. The largest absolute Gasteiger partial charge is 0.481 e. The molecule has 0 radical (unpaired) electrons. The Labute approximate surface area is 92.5 Å². The van der Waals surface area contributed by atoms with E-state index in [-0.39, 0.29) is 5.56 Å². The van der Waals surface area contributed by atoms with Gasteiger partial charge in [-0.3, -0.25) is 0 Å². The van der Waals surface area contributed by atoms with E-state index in [4.69, 9.17) is 9.84 Å². The van der Waals surface area contributed by atoms with E-state index >= 15 is 0 Å². The summed E-state index contributed by atoms with van der Waals surface area (Å²) in [5.74, 6) is -0.536. The van der Waals surface area contributed by atoms with Crippen molar-refractivity contribution in [2.45, 2.75) is 6.92 Å². The van der Waals surface area contributed by atoms with Crippen LogP contribution in [0.3, 0.4) is 0 Å². The van der Waals surface area contributed by atoms with Crippen LogP contribution in [0.5, 0.6) is 5.88 Å². The molecule has 0 aliphatic heterocycles. The lowest BCUT2D eigenvalue weighted by molar-refractivity contribution is 0.0698. The van der Waals surface area contributed by atoms with Gasteiger partial charge in [-0.1, -0.05) is 17.7 Å². The number of nitrogens with zero attached hydrogens (tertiary/aromatic N) is 1. The first kappa shape index (κ1) is 10.4. The standard InChI is InChI=1S/C12H11NO3/c1-7-3-4-8-9(5-7)10(12(14)15)6-13-11(8)16-2/h3-6H,1-2H3,(H,14,15). The van der Waals surface area contributed by atoms with Crippen LogP contribution in [0, 0.1) is 6.92 Å². The lowest BCUT2D eigenvalue weighted by Crippen LogP contribution is -2.00. The van der Waals surface area contributed by atoms with Crippen molar-refractivity contribution in [2.24, 2.45) is 0 Å². The average Bonchev–Trinajstić information content (AvgIpc) is 2.26. The Morgan fingerprint density at radius 2 is 2.12 bits per heavy atom. The number of fused-ring (bicyclic) bond motifs is 1. The summed E-state index contributed by atoms with van der Waals surface area (Å²) in [4.78, 5) is 15.0. The molecule has 82 valence electrons.